The van der Waals surface area contributed by atoms with E-state index in [0.29, 0.717) is 18.0 Å². The molecule has 0 aliphatic carbocycles. The normalized spacial score (nSPS) is 19.7. The van der Waals surface area contributed by atoms with Crippen molar-refractivity contribution in [2.24, 2.45) is 5.92 Å². The molecule has 1 unspecified atom stereocenters. The molecule has 20 heavy (non-hydrogen) atoms. The van der Waals surface area contributed by atoms with Gasteiger partial charge in [-0.05, 0) is 50.8 Å². The van der Waals surface area contributed by atoms with Gasteiger partial charge in [-0.25, -0.2) is 8.78 Å². The second kappa shape index (κ2) is 5.68. The molecule has 0 radical (unpaired) electrons. The molecule has 1 atom stereocenters. The van der Waals surface area contributed by atoms with Gasteiger partial charge in [-0.15, -0.1) is 0 Å². The molecule has 2 nitrogen and oxygen atoms in total. The molecule has 2 rings (SSSR count). The first-order chi connectivity index (χ1) is 9.26. The van der Waals surface area contributed by atoms with E-state index in [2.05, 4.69) is 12.2 Å². The van der Waals surface area contributed by atoms with Crippen LogP contribution in [-0.4, -0.2) is 18.6 Å². The van der Waals surface area contributed by atoms with E-state index in [0.717, 1.165) is 19.5 Å². The predicted octanol–water partition coefficient (Wildman–Crippen LogP) is 3.70. The van der Waals surface area contributed by atoms with Crippen LogP contribution in [0.1, 0.15) is 39.7 Å². The number of rotatable bonds is 3. The Morgan fingerprint density at radius 2 is 1.85 bits per heavy atom. The van der Waals surface area contributed by atoms with Crippen molar-refractivity contribution in [3.63, 3.8) is 0 Å². The monoisotopic (exact) mass is 282 g/mol. The van der Waals surface area contributed by atoms with E-state index in [1.54, 1.807) is 0 Å². The third-order valence-electron chi connectivity index (χ3n) is 3.64. The van der Waals surface area contributed by atoms with E-state index in [1.165, 1.54) is 12.1 Å². The lowest BCUT2D eigenvalue weighted by Crippen LogP contribution is -2.35. The van der Waals surface area contributed by atoms with Gasteiger partial charge in [-0.3, -0.25) is 0 Å². The zero-order valence-electron chi connectivity index (χ0n) is 12.8. The van der Waals surface area contributed by atoms with Gasteiger partial charge in [0.1, 0.15) is 17.3 Å². The Morgan fingerprint density at radius 3 is 2.30 bits per heavy atom. The lowest BCUT2D eigenvalue weighted by atomic mass is 10.1. The molecule has 1 heterocycles. The van der Waals surface area contributed by atoms with E-state index in [4.69, 9.17) is 0 Å². The number of halogens is 2. The van der Waals surface area contributed by atoms with Crippen molar-refractivity contribution in [2.75, 3.05) is 18.0 Å². The summed E-state index contributed by atoms with van der Waals surface area (Å²) >= 11 is 0. The Balaban J connectivity index is 2.16. The van der Waals surface area contributed by atoms with Gasteiger partial charge in [0.05, 0.1) is 0 Å². The minimum atomic E-state index is -0.454. The first-order valence-corrected chi connectivity index (χ1v) is 7.24. The molecule has 0 saturated carbocycles. The Labute approximate surface area is 120 Å². The second-order valence-electron chi connectivity index (χ2n) is 6.85. The summed E-state index contributed by atoms with van der Waals surface area (Å²) in [5.41, 5.74) is 0.704. The molecule has 1 aromatic rings. The summed E-state index contributed by atoms with van der Waals surface area (Å²) in [6.07, 6.45) is 0.992. The zero-order chi connectivity index (χ0) is 14.9. The maximum atomic E-state index is 14.2. The maximum absolute atomic E-state index is 14.2. The summed E-state index contributed by atoms with van der Waals surface area (Å²) in [6, 6.07) is 2.89. The van der Waals surface area contributed by atoms with Gasteiger partial charge in [0.25, 0.3) is 0 Å². The summed E-state index contributed by atoms with van der Waals surface area (Å²) in [4.78, 5) is 1.82. The van der Waals surface area contributed by atoms with Gasteiger partial charge in [0.2, 0.25) is 0 Å². The first-order valence-electron chi connectivity index (χ1n) is 7.24. The summed E-state index contributed by atoms with van der Waals surface area (Å²) in [6.45, 7) is 10.1. The molecule has 1 fully saturated rings. The second-order valence-corrected chi connectivity index (χ2v) is 6.85. The summed E-state index contributed by atoms with van der Waals surface area (Å²) < 4.78 is 28.4. The van der Waals surface area contributed by atoms with E-state index in [9.17, 15) is 8.78 Å². The third-order valence-corrected chi connectivity index (χ3v) is 3.64. The predicted molar refractivity (Wildman–Crippen MR) is 78.9 cm³/mol. The molecule has 0 spiro atoms. The van der Waals surface area contributed by atoms with Crippen LogP contribution in [0.3, 0.4) is 0 Å². The molecule has 1 aliphatic rings. The van der Waals surface area contributed by atoms with Crippen molar-refractivity contribution in [3.05, 3.63) is 29.3 Å². The van der Waals surface area contributed by atoms with Gasteiger partial charge < -0.3 is 10.2 Å². The SMILES string of the molecule is CC1CCN(c2c(F)cc(CNC(C)(C)C)cc2F)C1. The number of hydrogen-bond acceptors (Lipinski definition) is 2. The third kappa shape index (κ3) is 3.69. The van der Waals surface area contributed by atoms with Crippen LogP contribution < -0.4 is 10.2 Å². The minimum absolute atomic E-state index is 0.0734. The van der Waals surface area contributed by atoms with Crippen molar-refractivity contribution >= 4 is 5.69 Å². The molecule has 0 amide bonds. The number of nitrogens with zero attached hydrogens (tertiary/aromatic N) is 1. The van der Waals surface area contributed by atoms with Crippen LogP contribution in [-0.2, 0) is 6.54 Å². The fraction of sp³-hybridized carbons (Fsp3) is 0.625. The molecule has 0 aromatic heterocycles. The Hall–Kier alpha value is -1.16. The smallest absolute Gasteiger partial charge is 0.149 e. The Morgan fingerprint density at radius 1 is 1.25 bits per heavy atom. The number of benzene rings is 1. The minimum Gasteiger partial charge on any atom is -0.367 e. The lowest BCUT2D eigenvalue weighted by molar-refractivity contribution is 0.422. The average Bonchev–Trinajstić information content (AvgIpc) is 2.71. The quantitative estimate of drug-likeness (QED) is 0.909. The lowest BCUT2D eigenvalue weighted by Gasteiger charge is -2.22. The molecule has 4 heteroatoms. The number of anilines is 1. The highest BCUT2D eigenvalue weighted by Crippen LogP contribution is 2.29. The molecule has 112 valence electrons. The fourth-order valence-corrected chi connectivity index (χ4v) is 2.53. The van der Waals surface area contributed by atoms with Crippen molar-refractivity contribution in [3.8, 4) is 0 Å². The van der Waals surface area contributed by atoms with E-state index in [1.807, 2.05) is 25.7 Å². The van der Waals surface area contributed by atoms with Crippen molar-refractivity contribution < 1.29 is 8.78 Å². The van der Waals surface area contributed by atoms with Crippen LogP contribution in [0.4, 0.5) is 14.5 Å². The van der Waals surface area contributed by atoms with Crippen molar-refractivity contribution in [1.29, 1.82) is 0 Å². The molecule has 1 aliphatic heterocycles. The van der Waals surface area contributed by atoms with Crippen LogP contribution in [0.5, 0.6) is 0 Å². The molecule has 1 aromatic carbocycles. The van der Waals surface area contributed by atoms with Gasteiger partial charge in [0.15, 0.2) is 0 Å². The van der Waals surface area contributed by atoms with E-state index < -0.39 is 11.6 Å². The highest BCUT2D eigenvalue weighted by Gasteiger charge is 2.24. The summed E-state index contributed by atoms with van der Waals surface area (Å²) in [5.74, 6) is -0.411. The molecule has 1 N–H and O–H groups in total. The van der Waals surface area contributed by atoms with Crippen LogP contribution >= 0.6 is 0 Å². The number of hydrogen-bond donors (Lipinski definition) is 1. The summed E-state index contributed by atoms with van der Waals surface area (Å²) in [7, 11) is 0. The number of nitrogens with one attached hydrogen (secondary N) is 1. The standard InChI is InChI=1S/C16H24F2N2/c1-11-5-6-20(10-11)15-13(17)7-12(8-14(15)18)9-19-16(2,3)4/h7-8,11,19H,5-6,9-10H2,1-4H3. The van der Waals surface area contributed by atoms with E-state index >= 15 is 0 Å². The van der Waals surface area contributed by atoms with Crippen molar-refractivity contribution in [2.45, 2.75) is 46.2 Å². The fourth-order valence-electron chi connectivity index (χ4n) is 2.53. The first kappa shape index (κ1) is 15.2. The van der Waals surface area contributed by atoms with Gasteiger partial charge in [-0.2, -0.15) is 0 Å². The molecular formula is C16H24F2N2. The van der Waals surface area contributed by atoms with Crippen LogP contribution in [0.2, 0.25) is 0 Å². The van der Waals surface area contributed by atoms with Crippen molar-refractivity contribution in [1.82, 2.24) is 5.32 Å². The largest absolute Gasteiger partial charge is 0.367 e. The van der Waals surface area contributed by atoms with E-state index in [-0.39, 0.29) is 11.2 Å². The van der Waals surface area contributed by atoms with Gasteiger partial charge in [-0.1, -0.05) is 6.92 Å². The van der Waals surface area contributed by atoms with Crippen LogP contribution in [0.25, 0.3) is 0 Å². The molecular weight excluding hydrogens is 258 g/mol. The topological polar surface area (TPSA) is 15.3 Å². The summed E-state index contributed by atoms with van der Waals surface area (Å²) in [5, 5.41) is 3.24. The highest BCUT2D eigenvalue weighted by atomic mass is 19.1. The maximum Gasteiger partial charge on any atom is 0.149 e. The zero-order valence-corrected chi connectivity index (χ0v) is 12.8. The van der Waals surface area contributed by atoms with Crippen LogP contribution in [0.15, 0.2) is 12.1 Å². The average molecular weight is 282 g/mol. The highest BCUT2D eigenvalue weighted by molar-refractivity contribution is 5.51. The van der Waals surface area contributed by atoms with Gasteiger partial charge >= 0.3 is 0 Å². The van der Waals surface area contributed by atoms with Gasteiger partial charge in [0, 0.05) is 25.2 Å². The molecule has 1 saturated heterocycles. The Kier molecular flexibility index (Phi) is 4.33. The Bertz CT molecular complexity index is 457. The van der Waals surface area contributed by atoms with Crippen LogP contribution in [0, 0.1) is 17.6 Å². The molecule has 0 bridgehead atoms.